The average Bonchev–Trinajstić information content (AvgIpc) is 3.26. The molecule has 2 aromatic heterocycles. The van der Waals surface area contributed by atoms with Crippen LogP contribution in [0.25, 0.3) is 0 Å². The first kappa shape index (κ1) is 17.5. The second kappa shape index (κ2) is 6.88. The van der Waals surface area contributed by atoms with Crippen molar-refractivity contribution in [2.45, 2.75) is 32.7 Å². The predicted octanol–water partition coefficient (Wildman–Crippen LogP) is 2.78. The van der Waals surface area contributed by atoms with Crippen LogP contribution in [-0.4, -0.2) is 46.4 Å². The third kappa shape index (κ3) is 3.14. The molecular formula is C19H25N3O3. The number of nitrogens with zero attached hydrogens (tertiary/aromatic N) is 2. The van der Waals surface area contributed by atoms with E-state index in [9.17, 15) is 9.59 Å². The lowest BCUT2D eigenvalue weighted by Gasteiger charge is -2.24. The maximum Gasteiger partial charge on any atom is 0.339 e. The standard InChI is InChI=1S/C19H25N3O3/c1-12-17(19(24)25-4)13(2)20-18(12)16(23)11-22-10-6-8-15(22)14-7-5-9-21(14)3/h5,7,9,15,20H,6,8,10-11H2,1-4H3/t15-/m1/s1. The monoisotopic (exact) mass is 343 g/mol. The molecule has 0 aromatic carbocycles. The maximum atomic E-state index is 12.9. The average molecular weight is 343 g/mol. The van der Waals surface area contributed by atoms with Crippen LogP contribution >= 0.6 is 0 Å². The lowest BCUT2D eigenvalue weighted by molar-refractivity contribution is 0.0599. The van der Waals surface area contributed by atoms with Gasteiger partial charge >= 0.3 is 5.97 Å². The molecule has 25 heavy (non-hydrogen) atoms. The van der Waals surface area contributed by atoms with Crippen LogP contribution in [0.1, 0.15) is 56.7 Å². The first-order chi connectivity index (χ1) is 11.9. The van der Waals surface area contributed by atoms with Crippen molar-refractivity contribution in [3.05, 3.63) is 46.5 Å². The van der Waals surface area contributed by atoms with Gasteiger partial charge in [-0.1, -0.05) is 0 Å². The van der Waals surface area contributed by atoms with Crippen molar-refractivity contribution in [2.24, 2.45) is 7.05 Å². The fourth-order valence-electron chi connectivity index (χ4n) is 3.87. The van der Waals surface area contributed by atoms with E-state index >= 15 is 0 Å². The summed E-state index contributed by atoms with van der Waals surface area (Å²) < 4.78 is 6.94. The second-order valence-corrected chi connectivity index (χ2v) is 6.71. The molecule has 1 saturated heterocycles. The quantitative estimate of drug-likeness (QED) is 0.670. The molecule has 3 rings (SSSR count). The fraction of sp³-hybridized carbons (Fsp3) is 0.474. The molecule has 1 fully saturated rings. The number of esters is 1. The van der Waals surface area contributed by atoms with E-state index in [0.29, 0.717) is 29.1 Å². The lowest BCUT2D eigenvalue weighted by Crippen LogP contribution is -2.31. The number of aromatic nitrogens is 2. The molecule has 1 aliphatic rings. The molecule has 6 heteroatoms. The number of carbonyl (C=O) groups excluding carboxylic acids is 2. The van der Waals surface area contributed by atoms with E-state index in [1.807, 2.05) is 19.3 Å². The van der Waals surface area contributed by atoms with E-state index in [1.165, 1.54) is 12.8 Å². The number of ketones is 1. The Kier molecular flexibility index (Phi) is 4.81. The van der Waals surface area contributed by atoms with Crippen molar-refractivity contribution in [3.63, 3.8) is 0 Å². The molecule has 3 heterocycles. The third-order valence-corrected chi connectivity index (χ3v) is 5.14. The number of methoxy groups -OCH3 is 1. The van der Waals surface area contributed by atoms with Gasteiger partial charge in [-0.05, 0) is 50.9 Å². The van der Waals surface area contributed by atoms with Crippen molar-refractivity contribution in [2.75, 3.05) is 20.2 Å². The zero-order valence-corrected chi connectivity index (χ0v) is 15.3. The lowest BCUT2D eigenvalue weighted by atomic mass is 10.1. The Morgan fingerprint density at radius 2 is 2.12 bits per heavy atom. The molecule has 0 amide bonds. The Hall–Kier alpha value is -2.34. The number of aromatic amines is 1. The van der Waals surface area contributed by atoms with Crippen molar-refractivity contribution in [1.29, 1.82) is 0 Å². The Labute approximate surface area is 147 Å². The Morgan fingerprint density at radius 3 is 2.76 bits per heavy atom. The van der Waals surface area contributed by atoms with Crippen molar-refractivity contribution < 1.29 is 14.3 Å². The van der Waals surface area contributed by atoms with E-state index in [2.05, 4.69) is 20.5 Å². The molecule has 1 atom stereocenters. The van der Waals surface area contributed by atoms with E-state index in [0.717, 1.165) is 19.4 Å². The zero-order chi connectivity index (χ0) is 18.1. The van der Waals surface area contributed by atoms with Crippen molar-refractivity contribution in [3.8, 4) is 0 Å². The highest BCUT2D eigenvalue weighted by molar-refractivity contribution is 6.02. The number of H-pyrrole nitrogens is 1. The minimum Gasteiger partial charge on any atom is -0.465 e. The van der Waals surface area contributed by atoms with Crippen LogP contribution in [0.5, 0.6) is 0 Å². The number of nitrogens with one attached hydrogen (secondary N) is 1. The first-order valence-electron chi connectivity index (χ1n) is 8.60. The van der Waals surface area contributed by atoms with Gasteiger partial charge in [0, 0.05) is 24.6 Å². The SMILES string of the molecule is COC(=O)c1c(C)[nH]c(C(=O)CN2CCC[C@@H]2c2cccn2C)c1C. The summed E-state index contributed by atoms with van der Waals surface area (Å²) in [6.45, 7) is 4.84. The second-order valence-electron chi connectivity index (χ2n) is 6.71. The highest BCUT2D eigenvalue weighted by Gasteiger charge is 2.31. The van der Waals surface area contributed by atoms with Gasteiger partial charge in [0.05, 0.1) is 31.0 Å². The predicted molar refractivity (Wildman–Crippen MR) is 94.9 cm³/mol. The van der Waals surface area contributed by atoms with E-state index in [4.69, 9.17) is 4.74 Å². The van der Waals surface area contributed by atoms with Gasteiger partial charge < -0.3 is 14.3 Å². The van der Waals surface area contributed by atoms with Gasteiger partial charge in [0.25, 0.3) is 0 Å². The van der Waals surface area contributed by atoms with Gasteiger partial charge in [0.2, 0.25) is 0 Å². The van der Waals surface area contributed by atoms with Gasteiger partial charge in [-0.25, -0.2) is 4.79 Å². The van der Waals surface area contributed by atoms with Gasteiger partial charge in [0.15, 0.2) is 5.78 Å². The summed E-state index contributed by atoms with van der Waals surface area (Å²) in [5.74, 6) is -0.398. The van der Waals surface area contributed by atoms with Crippen molar-refractivity contribution in [1.82, 2.24) is 14.5 Å². The number of hydrogen-bond acceptors (Lipinski definition) is 4. The van der Waals surface area contributed by atoms with Gasteiger partial charge in [0.1, 0.15) is 0 Å². The molecule has 0 aliphatic carbocycles. The smallest absolute Gasteiger partial charge is 0.339 e. The molecule has 134 valence electrons. The molecule has 0 radical (unpaired) electrons. The number of carbonyl (C=O) groups is 2. The molecule has 1 N–H and O–H groups in total. The number of aryl methyl sites for hydroxylation is 2. The minimum atomic E-state index is -0.409. The zero-order valence-electron chi connectivity index (χ0n) is 15.3. The summed E-state index contributed by atoms with van der Waals surface area (Å²) >= 11 is 0. The van der Waals surface area contributed by atoms with Crippen LogP contribution in [0.2, 0.25) is 0 Å². The summed E-state index contributed by atoms with van der Waals surface area (Å²) in [4.78, 5) is 30.1. The summed E-state index contributed by atoms with van der Waals surface area (Å²) in [5, 5.41) is 0. The molecule has 1 aliphatic heterocycles. The van der Waals surface area contributed by atoms with Crippen LogP contribution in [0, 0.1) is 13.8 Å². The highest BCUT2D eigenvalue weighted by atomic mass is 16.5. The molecule has 0 saturated carbocycles. The van der Waals surface area contributed by atoms with Crippen LogP contribution in [-0.2, 0) is 11.8 Å². The van der Waals surface area contributed by atoms with Gasteiger partial charge in [-0.3, -0.25) is 9.69 Å². The maximum absolute atomic E-state index is 12.9. The minimum absolute atomic E-state index is 0.0110. The molecule has 0 unspecified atom stereocenters. The Balaban J connectivity index is 1.81. The van der Waals surface area contributed by atoms with Crippen molar-refractivity contribution >= 4 is 11.8 Å². The Morgan fingerprint density at radius 1 is 1.36 bits per heavy atom. The van der Waals surface area contributed by atoms with Gasteiger partial charge in [-0.2, -0.15) is 0 Å². The van der Waals surface area contributed by atoms with E-state index in [1.54, 1.807) is 13.8 Å². The molecule has 2 aromatic rings. The number of Topliss-reactive ketones (excluding diaryl/α,β-unsaturated/α-hetero) is 1. The number of likely N-dealkylation sites (tertiary alicyclic amines) is 1. The number of hydrogen-bond donors (Lipinski definition) is 1. The van der Waals surface area contributed by atoms with Crippen LogP contribution in [0.3, 0.4) is 0 Å². The first-order valence-corrected chi connectivity index (χ1v) is 8.60. The number of rotatable bonds is 5. The van der Waals surface area contributed by atoms with Crippen LogP contribution in [0.15, 0.2) is 18.3 Å². The normalized spacial score (nSPS) is 17.8. The molecule has 0 spiro atoms. The molecule has 6 nitrogen and oxygen atoms in total. The summed E-state index contributed by atoms with van der Waals surface area (Å²) in [6.07, 6.45) is 4.18. The topological polar surface area (TPSA) is 67.3 Å². The summed E-state index contributed by atoms with van der Waals surface area (Å²) in [5.41, 5.74) is 3.55. The molecule has 0 bridgehead atoms. The number of ether oxygens (including phenoxy) is 1. The van der Waals surface area contributed by atoms with Gasteiger partial charge in [-0.15, -0.1) is 0 Å². The third-order valence-electron chi connectivity index (χ3n) is 5.14. The largest absolute Gasteiger partial charge is 0.465 e. The van der Waals surface area contributed by atoms with Crippen LogP contribution < -0.4 is 0 Å². The van der Waals surface area contributed by atoms with Crippen LogP contribution in [0.4, 0.5) is 0 Å². The Bertz CT molecular complexity index is 803. The summed E-state index contributed by atoms with van der Waals surface area (Å²) in [7, 11) is 3.39. The van der Waals surface area contributed by atoms with E-state index in [-0.39, 0.29) is 11.8 Å². The molecular weight excluding hydrogens is 318 g/mol. The fourth-order valence-corrected chi connectivity index (χ4v) is 3.87. The summed E-state index contributed by atoms with van der Waals surface area (Å²) in [6, 6.07) is 4.42. The van der Waals surface area contributed by atoms with E-state index < -0.39 is 5.97 Å². The highest BCUT2D eigenvalue weighted by Crippen LogP contribution is 2.32.